The van der Waals surface area contributed by atoms with Crippen LogP contribution in [0.4, 0.5) is 0 Å². The van der Waals surface area contributed by atoms with Gasteiger partial charge in [-0.3, -0.25) is 4.79 Å². The van der Waals surface area contributed by atoms with Crippen molar-refractivity contribution in [3.63, 3.8) is 0 Å². The smallest absolute Gasteiger partial charge is 0.310 e. The Bertz CT molecular complexity index is 480. The molecule has 0 spiro atoms. The molecule has 96 valence electrons. The molecule has 0 saturated heterocycles. The molecule has 5 heteroatoms. The first kappa shape index (κ1) is 14.3. The third-order valence-corrected chi connectivity index (χ3v) is 2.71. The van der Waals surface area contributed by atoms with E-state index in [2.05, 4.69) is 0 Å². The monoisotopic (exact) mass is 267 g/mol. The summed E-state index contributed by atoms with van der Waals surface area (Å²) in [7, 11) is 1.49. The number of ether oxygens (including phenoxy) is 2. The van der Waals surface area contributed by atoms with E-state index in [1.807, 2.05) is 6.07 Å². The number of halogens is 1. The number of carbonyl (C=O) groups is 1. The van der Waals surface area contributed by atoms with Gasteiger partial charge < -0.3 is 9.47 Å². The number of esters is 1. The summed E-state index contributed by atoms with van der Waals surface area (Å²) in [4.78, 5) is 11.5. The molecule has 0 aromatic heterocycles. The van der Waals surface area contributed by atoms with Crippen LogP contribution < -0.4 is 4.74 Å². The molecule has 0 atom stereocenters. The van der Waals surface area contributed by atoms with E-state index < -0.39 is 0 Å². The van der Waals surface area contributed by atoms with Crippen molar-refractivity contribution >= 4 is 17.6 Å². The molecular weight excluding hydrogens is 254 g/mol. The topological polar surface area (TPSA) is 59.3 Å². The molecule has 0 aliphatic heterocycles. The standard InChI is InChI=1S/C13H14ClNO3/c1-3-18-12(16)6-9-4-5-10(8-15)11(7-14)13(9)17-2/h4-5H,3,6-7H2,1-2H3. The van der Waals surface area contributed by atoms with Crippen LogP contribution in [0.15, 0.2) is 12.1 Å². The summed E-state index contributed by atoms with van der Waals surface area (Å²) >= 11 is 5.82. The van der Waals surface area contributed by atoms with Crippen LogP contribution in [0.1, 0.15) is 23.6 Å². The number of carbonyl (C=O) groups excluding carboxylic acids is 1. The summed E-state index contributed by atoms with van der Waals surface area (Å²) < 4.78 is 10.1. The molecule has 1 rings (SSSR count). The van der Waals surface area contributed by atoms with E-state index in [0.717, 1.165) is 0 Å². The van der Waals surface area contributed by atoms with Gasteiger partial charge in [-0.15, -0.1) is 11.6 Å². The first-order valence-electron chi connectivity index (χ1n) is 5.48. The van der Waals surface area contributed by atoms with Gasteiger partial charge >= 0.3 is 5.97 Å². The van der Waals surface area contributed by atoms with E-state index in [0.29, 0.717) is 29.0 Å². The average molecular weight is 268 g/mol. The minimum Gasteiger partial charge on any atom is -0.496 e. The van der Waals surface area contributed by atoms with Crippen molar-refractivity contribution in [2.45, 2.75) is 19.2 Å². The van der Waals surface area contributed by atoms with Crippen LogP contribution in [-0.4, -0.2) is 19.7 Å². The molecule has 1 aromatic rings. The normalized spacial score (nSPS) is 9.67. The second-order valence-electron chi connectivity index (χ2n) is 3.51. The van der Waals surface area contributed by atoms with E-state index in [9.17, 15) is 4.79 Å². The zero-order valence-corrected chi connectivity index (χ0v) is 11.1. The molecule has 18 heavy (non-hydrogen) atoms. The van der Waals surface area contributed by atoms with E-state index >= 15 is 0 Å². The Hall–Kier alpha value is -1.73. The third kappa shape index (κ3) is 3.14. The number of benzene rings is 1. The van der Waals surface area contributed by atoms with Crippen molar-refractivity contribution in [1.29, 1.82) is 5.26 Å². The molecule has 0 amide bonds. The lowest BCUT2D eigenvalue weighted by Crippen LogP contribution is -2.09. The molecule has 0 aliphatic rings. The molecule has 0 N–H and O–H groups in total. The Morgan fingerprint density at radius 1 is 1.50 bits per heavy atom. The molecule has 0 aliphatic carbocycles. The molecule has 0 heterocycles. The minimum absolute atomic E-state index is 0.104. The van der Waals surface area contributed by atoms with Crippen LogP contribution in [0.5, 0.6) is 5.75 Å². The van der Waals surface area contributed by atoms with Crippen LogP contribution in [0.25, 0.3) is 0 Å². The fourth-order valence-electron chi connectivity index (χ4n) is 1.67. The summed E-state index contributed by atoms with van der Waals surface area (Å²) in [6.07, 6.45) is 0.104. The van der Waals surface area contributed by atoms with Crippen molar-refractivity contribution in [2.75, 3.05) is 13.7 Å². The molecule has 0 saturated carbocycles. The van der Waals surface area contributed by atoms with Crippen molar-refractivity contribution in [1.82, 2.24) is 0 Å². The Morgan fingerprint density at radius 2 is 2.22 bits per heavy atom. The second-order valence-corrected chi connectivity index (χ2v) is 3.78. The number of nitriles is 1. The number of hydrogen-bond donors (Lipinski definition) is 0. The fraction of sp³-hybridized carbons (Fsp3) is 0.385. The van der Waals surface area contributed by atoms with E-state index in [1.165, 1.54) is 7.11 Å². The van der Waals surface area contributed by atoms with Gasteiger partial charge in [0.15, 0.2) is 0 Å². The summed E-state index contributed by atoms with van der Waals surface area (Å²) in [5, 5.41) is 8.97. The lowest BCUT2D eigenvalue weighted by Gasteiger charge is -2.13. The van der Waals surface area contributed by atoms with Gasteiger partial charge in [0.1, 0.15) is 5.75 Å². The van der Waals surface area contributed by atoms with Crippen molar-refractivity contribution in [2.24, 2.45) is 0 Å². The lowest BCUT2D eigenvalue weighted by molar-refractivity contribution is -0.142. The predicted octanol–water partition coefficient (Wildman–Crippen LogP) is 2.41. The third-order valence-electron chi connectivity index (χ3n) is 2.44. The molecule has 0 radical (unpaired) electrons. The largest absolute Gasteiger partial charge is 0.496 e. The zero-order valence-electron chi connectivity index (χ0n) is 10.3. The number of nitrogens with zero attached hydrogens (tertiary/aromatic N) is 1. The Morgan fingerprint density at radius 3 is 2.72 bits per heavy atom. The van der Waals surface area contributed by atoms with Crippen LogP contribution >= 0.6 is 11.6 Å². The molecule has 0 bridgehead atoms. The van der Waals surface area contributed by atoms with Gasteiger partial charge in [0.25, 0.3) is 0 Å². The number of hydrogen-bond acceptors (Lipinski definition) is 4. The predicted molar refractivity (Wildman–Crippen MR) is 67.6 cm³/mol. The van der Waals surface area contributed by atoms with Crippen molar-refractivity contribution in [3.05, 3.63) is 28.8 Å². The van der Waals surface area contributed by atoms with Gasteiger partial charge in [-0.05, 0) is 13.0 Å². The maximum absolute atomic E-state index is 11.5. The quantitative estimate of drug-likeness (QED) is 0.607. The molecule has 0 fully saturated rings. The summed E-state index contributed by atoms with van der Waals surface area (Å²) in [6.45, 7) is 2.08. The van der Waals surface area contributed by atoms with Crippen molar-refractivity contribution < 1.29 is 14.3 Å². The maximum atomic E-state index is 11.5. The SMILES string of the molecule is CCOC(=O)Cc1ccc(C#N)c(CCl)c1OC. The van der Waals surface area contributed by atoms with E-state index in [4.69, 9.17) is 26.3 Å². The highest BCUT2D eigenvalue weighted by Gasteiger charge is 2.16. The van der Waals surface area contributed by atoms with E-state index in [1.54, 1.807) is 19.1 Å². The highest BCUT2D eigenvalue weighted by atomic mass is 35.5. The molecular formula is C13H14ClNO3. The van der Waals surface area contributed by atoms with Gasteiger partial charge in [-0.2, -0.15) is 5.26 Å². The zero-order chi connectivity index (χ0) is 13.5. The fourth-order valence-corrected chi connectivity index (χ4v) is 1.94. The molecule has 4 nitrogen and oxygen atoms in total. The summed E-state index contributed by atoms with van der Waals surface area (Å²) in [5.41, 5.74) is 1.73. The average Bonchev–Trinajstić information content (AvgIpc) is 2.38. The van der Waals surface area contributed by atoms with Crippen LogP contribution in [0.2, 0.25) is 0 Å². The van der Waals surface area contributed by atoms with Crippen LogP contribution in [0.3, 0.4) is 0 Å². The number of alkyl halides is 1. The van der Waals surface area contributed by atoms with E-state index in [-0.39, 0.29) is 18.3 Å². The summed E-state index contributed by atoms with van der Waals surface area (Å²) in [5.74, 6) is 0.307. The van der Waals surface area contributed by atoms with Gasteiger partial charge in [0.2, 0.25) is 0 Å². The highest BCUT2D eigenvalue weighted by molar-refractivity contribution is 6.17. The minimum atomic E-state index is -0.332. The maximum Gasteiger partial charge on any atom is 0.310 e. The number of methoxy groups -OCH3 is 1. The lowest BCUT2D eigenvalue weighted by atomic mass is 10.0. The number of rotatable bonds is 5. The van der Waals surface area contributed by atoms with Gasteiger partial charge in [-0.25, -0.2) is 0 Å². The Labute approximate surface area is 111 Å². The van der Waals surface area contributed by atoms with Gasteiger partial charge in [0.05, 0.1) is 37.7 Å². The first-order chi connectivity index (χ1) is 8.67. The molecule has 1 aromatic carbocycles. The Balaban J connectivity index is 3.13. The van der Waals surface area contributed by atoms with Gasteiger partial charge in [-0.1, -0.05) is 6.07 Å². The Kier molecular flexibility index (Phi) is 5.47. The first-order valence-corrected chi connectivity index (χ1v) is 6.01. The van der Waals surface area contributed by atoms with Gasteiger partial charge in [0, 0.05) is 11.1 Å². The van der Waals surface area contributed by atoms with Crippen LogP contribution in [-0.2, 0) is 21.8 Å². The van der Waals surface area contributed by atoms with Crippen LogP contribution in [0, 0.1) is 11.3 Å². The molecule has 0 unspecified atom stereocenters. The van der Waals surface area contributed by atoms with Crippen molar-refractivity contribution in [3.8, 4) is 11.8 Å². The second kappa shape index (κ2) is 6.87. The summed E-state index contributed by atoms with van der Waals surface area (Å²) in [6, 6.07) is 5.36. The highest BCUT2D eigenvalue weighted by Crippen LogP contribution is 2.29.